The molecule has 0 spiro atoms. The van der Waals surface area contributed by atoms with Gasteiger partial charge in [-0.25, -0.2) is 0 Å². The number of para-hydroxylation sites is 2. The molecule has 0 radical (unpaired) electrons. The monoisotopic (exact) mass is 442 g/mol. The highest BCUT2D eigenvalue weighted by Gasteiger charge is 2.40. The van der Waals surface area contributed by atoms with Gasteiger partial charge in [-0.05, 0) is 49.4 Å². The van der Waals surface area contributed by atoms with Crippen LogP contribution in [0.3, 0.4) is 0 Å². The molecule has 1 saturated carbocycles. The number of ketones is 1. The minimum atomic E-state index is -0.0742. The molecule has 5 nitrogen and oxygen atoms in total. The molecular formula is C28H34N4O. The second-order valence-electron chi connectivity index (χ2n) is 9.78. The molecule has 0 aromatic heterocycles. The lowest BCUT2D eigenvalue weighted by Gasteiger charge is -2.45. The van der Waals surface area contributed by atoms with E-state index in [1.807, 2.05) is 24.3 Å². The molecule has 1 saturated heterocycles. The number of nitrogens with one attached hydrogen (secondary N) is 1. The first-order valence-corrected chi connectivity index (χ1v) is 12.6. The first-order chi connectivity index (χ1) is 16.2. The third-order valence-electron chi connectivity index (χ3n) is 7.84. The standard InChI is InChI=1S/C28H34N4O/c29-20-23-11-5-7-13-26(23)31-16-18-32(19-17-31)27(28(33)22-9-2-1-3-10-22)25-15-14-21-8-4-6-12-24(21)30-25/h4-8,11-13,22,25,27,30H,1-3,9-10,14-19H2. The summed E-state index contributed by atoms with van der Waals surface area (Å²) in [5, 5.41) is 13.3. The maximum absolute atomic E-state index is 13.9. The summed E-state index contributed by atoms with van der Waals surface area (Å²) in [7, 11) is 0. The summed E-state index contributed by atoms with van der Waals surface area (Å²) < 4.78 is 0. The van der Waals surface area contributed by atoms with Crippen LogP contribution in [0.15, 0.2) is 48.5 Å². The number of rotatable bonds is 5. The van der Waals surface area contributed by atoms with Crippen molar-refractivity contribution in [3.8, 4) is 6.07 Å². The summed E-state index contributed by atoms with van der Waals surface area (Å²) in [4.78, 5) is 18.7. The van der Waals surface area contributed by atoms with Gasteiger partial charge in [-0.1, -0.05) is 49.6 Å². The van der Waals surface area contributed by atoms with Gasteiger partial charge in [-0.3, -0.25) is 9.69 Å². The predicted molar refractivity (Wildman–Crippen MR) is 132 cm³/mol. The molecular weight excluding hydrogens is 408 g/mol. The fourth-order valence-corrected chi connectivity index (χ4v) is 6.05. The van der Waals surface area contributed by atoms with Crippen molar-refractivity contribution in [2.24, 2.45) is 5.92 Å². The average molecular weight is 443 g/mol. The topological polar surface area (TPSA) is 59.4 Å². The van der Waals surface area contributed by atoms with Crippen molar-refractivity contribution in [1.82, 2.24) is 4.90 Å². The highest BCUT2D eigenvalue weighted by atomic mass is 16.1. The summed E-state index contributed by atoms with van der Waals surface area (Å²) in [5.41, 5.74) is 4.29. The van der Waals surface area contributed by atoms with Gasteiger partial charge < -0.3 is 10.2 Å². The lowest BCUT2D eigenvalue weighted by Crippen LogP contribution is -2.60. The summed E-state index contributed by atoms with van der Waals surface area (Å²) in [5.74, 6) is 0.664. The fourth-order valence-electron chi connectivity index (χ4n) is 6.05. The van der Waals surface area contributed by atoms with Crippen molar-refractivity contribution in [3.63, 3.8) is 0 Å². The van der Waals surface area contributed by atoms with Gasteiger partial charge in [-0.15, -0.1) is 0 Å². The van der Waals surface area contributed by atoms with Crippen molar-refractivity contribution in [1.29, 1.82) is 5.26 Å². The molecule has 2 aromatic rings. The largest absolute Gasteiger partial charge is 0.380 e. The second-order valence-corrected chi connectivity index (χ2v) is 9.78. The molecule has 2 fully saturated rings. The number of Topliss-reactive ketones (excluding diaryl/α,β-unsaturated/α-hetero) is 1. The molecule has 2 aliphatic heterocycles. The van der Waals surface area contributed by atoms with E-state index in [4.69, 9.17) is 0 Å². The van der Waals surface area contributed by atoms with Crippen molar-refractivity contribution in [2.75, 3.05) is 36.4 Å². The van der Waals surface area contributed by atoms with E-state index >= 15 is 0 Å². The third-order valence-corrected chi connectivity index (χ3v) is 7.84. The number of piperazine rings is 1. The molecule has 3 aliphatic rings. The van der Waals surface area contributed by atoms with Crippen LogP contribution < -0.4 is 10.2 Å². The van der Waals surface area contributed by atoms with Crippen LogP contribution >= 0.6 is 0 Å². The molecule has 0 amide bonds. The maximum Gasteiger partial charge on any atom is 0.155 e. The lowest BCUT2D eigenvalue weighted by molar-refractivity contribution is -0.130. The number of carbonyl (C=O) groups excluding carboxylic acids is 1. The Labute approximate surface area is 197 Å². The minimum Gasteiger partial charge on any atom is -0.380 e. The Kier molecular flexibility index (Phi) is 6.64. The highest BCUT2D eigenvalue weighted by Crippen LogP contribution is 2.33. The van der Waals surface area contributed by atoms with Crippen LogP contribution in [0, 0.1) is 17.2 Å². The summed E-state index contributed by atoms with van der Waals surface area (Å²) in [6.07, 6.45) is 7.75. The Morgan fingerprint density at radius 3 is 2.45 bits per heavy atom. The van der Waals surface area contributed by atoms with Gasteiger partial charge in [0.15, 0.2) is 5.78 Å². The van der Waals surface area contributed by atoms with E-state index in [9.17, 15) is 10.1 Å². The minimum absolute atomic E-state index is 0.0742. The lowest BCUT2D eigenvalue weighted by atomic mass is 9.80. The molecule has 1 aliphatic carbocycles. The van der Waals surface area contributed by atoms with Crippen LogP contribution in [0.4, 0.5) is 11.4 Å². The van der Waals surface area contributed by atoms with Crippen LogP contribution in [0.5, 0.6) is 0 Å². The van der Waals surface area contributed by atoms with Gasteiger partial charge in [0.25, 0.3) is 0 Å². The highest BCUT2D eigenvalue weighted by molar-refractivity contribution is 5.88. The number of nitriles is 1. The molecule has 0 bridgehead atoms. The Morgan fingerprint density at radius 2 is 1.67 bits per heavy atom. The maximum atomic E-state index is 13.9. The molecule has 2 heterocycles. The zero-order valence-electron chi connectivity index (χ0n) is 19.4. The van der Waals surface area contributed by atoms with Crippen molar-refractivity contribution < 1.29 is 4.79 Å². The van der Waals surface area contributed by atoms with E-state index in [2.05, 4.69) is 45.5 Å². The van der Waals surface area contributed by atoms with Crippen LogP contribution in [0.25, 0.3) is 0 Å². The Balaban J connectivity index is 1.35. The van der Waals surface area contributed by atoms with Crippen LogP contribution in [0.1, 0.15) is 49.7 Å². The van der Waals surface area contributed by atoms with Gasteiger partial charge in [0, 0.05) is 43.8 Å². The van der Waals surface area contributed by atoms with Crippen molar-refractivity contribution in [2.45, 2.75) is 57.0 Å². The molecule has 1 N–H and O–H groups in total. The fraction of sp³-hybridized carbons (Fsp3) is 0.500. The molecule has 2 aromatic carbocycles. The van der Waals surface area contributed by atoms with Crippen molar-refractivity contribution >= 4 is 17.2 Å². The summed E-state index contributed by atoms with van der Waals surface area (Å²) in [6, 6.07) is 18.8. The molecule has 2 unspecified atom stereocenters. The van der Waals surface area contributed by atoms with E-state index in [-0.39, 0.29) is 18.0 Å². The van der Waals surface area contributed by atoms with E-state index in [0.29, 0.717) is 5.78 Å². The third kappa shape index (κ3) is 4.63. The predicted octanol–water partition coefficient (Wildman–Crippen LogP) is 4.63. The molecule has 5 rings (SSSR count). The number of carbonyl (C=O) groups is 1. The summed E-state index contributed by atoms with van der Waals surface area (Å²) >= 11 is 0. The van der Waals surface area contributed by atoms with Crippen LogP contribution in [-0.2, 0) is 11.2 Å². The molecule has 2 atom stereocenters. The first-order valence-electron chi connectivity index (χ1n) is 12.6. The number of benzene rings is 2. The quantitative estimate of drug-likeness (QED) is 0.732. The molecule has 33 heavy (non-hydrogen) atoms. The van der Waals surface area contributed by atoms with Gasteiger partial charge in [0.1, 0.15) is 6.07 Å². The van der Waals surface area contributed by atoms with E-state index < -0.39 is 0 Å². The number of anilines is 2. The molecule has 5 heteroatoms. The van der Waals surface area contributed by atoms with E-state index in [0.717, 1.165) is 63.1 Å². The number of aryl methyl sites for hydroxylation is 1. The zero-order valence-corrected chi connectivity index (χ0v) is 19.4. The number of hydrogen-bond acceptors (Lipinski definition) is 5. The van der Waals surface area contributed by atoms with Gasteiger partial charge >= 0.3 is 0 Å². The number of nitrogens with zero attached hydrogens (tertiary/aromatic N) is 3. The van der Waals surface area contributed by atoms with Crippen LogP contribution in [0.2, 0.25) is 0 Å². The van der Waals surface area contributed by atoms with Gasteiger partial charge in [0.2, 0.25) is 0 Å². The van der Waals surface area contributed by atoms with Gasteiger partial charge in [0.05, 0.1) is 17.3 Å². The second kappa shape index (κ2) is 9.97. The van der Waals surface area contributed by atoms with E-state index in [1.54, 1.807) is 0 Å². The Morgan fingerprint density at radius 1 is 0.939 bits per heavy atom. The smallest absolute Gasteiger partial charge is 0.155 e. The SMILES string of the molecule is N#Cc1ccccc1N1CCN(C(C(=O)C2CCCCC2)C2CCc3ccccc3N2)CC1. The summed E-state index contributed by atoms with van der Waals surface area (Å²) in [6.45, 7) is 3.39. The van der Waals surface area contributed by atoms with Crippen LogP contribution in [-0.4, -0.2) is 48.9 Å². The Hall–Kier alpha value is -2.84. The number of fused-ring (bicyclic) bond motifs is 1. The normalized spacial score (nSPS) is 22.6. The van der Waals surface area contributed by atoms with Gasteiger partial charge in [-0.2, -0.15) is 5.26 Å². The first kappa shape index (κ1) is 22.0. The Bertz CT molecular complexity index is 1010. The molecule has 172 valence electrons. The van der Waals surface area contributed by atoms with Crippen molar-refractivity contribution in [3.05, 3.63) is 59.7 Å². The average Bonchev–Trinajstić information content (AvgIpc) is 2.89. The zero-order chi connectivity index (χ0) is 22.6. The van der Waals surface area contributed by atoms with E-state index in [1.165, 1.54) is 30.5 Å². The number of hydrogen-bond donors (Lipinski definition) is 1.